The number of ether oxygens (including phenoxy) is 1. The Morgan fingerprint density at radius 2 is 1.41 bits per heavy atom. The summed E-state index contributed by atoms with van der Waals surface area (Å²) < 4.78 is 60.0. The van der Waals surface area contributed by atoms with Gasteiger partial charge in [-0.15, -0.1) is 0 Å². The third-order valence-electron chi connectivity index (χ3n) is 5.90. The Kier molecular flexibility index (Phi) is 8.47. The lowest BCUT2D eigenvalue weighted by atomic mass is 10.2. The molecule has 4 rings (SSSR count). The first-order chi connectivity index (χ1) is 17.7. The van der Waals surface area contributed by atoms with Gasteiger partial charge in [-0.1, -0.05) is 36.8 Å². The molecule has 0 bridgehead atoms. The second-order valence-electron chi connectivity index (χ2n) is 8.62. The highest BCUT2D eigenvalue weighted by Gasteiger charge is 2.25. The average Bonchev–Trinajstić information content (AvgIpc) is 2.92. The standard InChI is InChI=1S/C26H29N3O6S2/c30-26(27-19-21-9-13-25(14-10-21)37(33,34)29-17-5-2-6-18-29)20-35-23-11-15-24(16-12-23)36(31,32)28-22-7-3-1-4-8-22/h1,3-4,7-16,28H,2,5-6,17-20H2,(H,27,30). The molecule has 0 radical (unpaired) electrons. The van der Waals surface area contributed by atoms with Crippen LogP contribution in [0.3, 0.4) is 0 Å². The largest absolute Gasteiger partial charge is 0.484 e. The molecule has 1 aliphatic rings. The number of para-hydroxylation sites is 1. The van der Waals surface area contributed by atoms with Gasteiger partial charge in [0, 0.05) is 25.3 Å². The third-order valence-corrected chi connectivity index (χ3v) is 9.21. The monoisotopic (exact) mass is 543 g/mol. The van der Waals surface area contributed by atoms with E-state index in [0.29, 0.717) is 24.5 Å². The van der Waals surface area contributed by atoms with E-state index in [9.17, 15) is 21.6 Å². The van der Waals surface area contributed by atoms with E-state index >= 15 is 0 Å². The van der Waals surface area contributed by atoms with Gasteiger partial charge in [-0.2, -0.15) is 4.31 Å². The number of sulfonamides is 2. The number of piperidine rings is 1. The number of carbonyl (C=O) groups excluding carboxylic acids is 1. The topological polar surface area (TPSA) is 122 Å². The molecule has 0 aromatic heterocycles. The number of rotatable bonds is 10. The number of hydrogen-bond donors (Lipinski definition) is 2. The van der Waals surface area contributed by atoms with Gasteiger partial charge < -0.3 is 10.1 Å². The summed E-state index contributed by atoms with van der Waals surface area (Å²) in [4.78, 5) is 12.5. The van der Waals surface area contributed by atoms with E-state index in [1.807, 2.05) is 0 Å². The molecular weight excluding hydrogens is 514 g/mol. The van der Waals surface area contributed by atoms with Crippen LogP contribution in [0, 0.1) is 0 Å². The van der Waals surface area contributed by atoms with Crippen LogP contribution in [0.2, 0.25) is 0 Å². The number of nitrogens with one attached hydrogen (secondary N) is 2. The molecule has 1 amide bonds. The Bertz CT molecular complexity index is 1400. The lowest BCUT2D eigenvalue weighted by molar-refractivity contribution is -0.123. The van der Waals surface area contributed by atoms with Crippen molar-refractivity contribution in [1.29, 1.82) is 0 Å². The van der Waals surface area contributed by atoms with Crippen molar-refractivity contribution in [3.8, 4) is 5.75 Å². The van der Waals surface area contributed by atoms with Crippen LogP contribution < -0.4 is 14.8 Å². The fourth-order valence-corrected chi connectivity index (χ4v) is 6.45. The molecule has 9 nitrogen and oxygen atoms in total. The maximum Gasteiger partial charge on any atom is 0.261 e. The van der Waals surface area contributed by atoms with Crippen LogP contribution in [0.1, 0.15) is 24.8 Å². The molecule has 3 aromatic carbocycles. The van der Waals surface area contributed by atoms with Crippen molar-refractivity contribution in [2.45, 2.75) is 35.6 Å². The molecule has 2 N–H and O–H groups in total. The zero-order valence-corrected chi connectivity index (χ0v) is 21.8. The predicted octanol–water partition coefficient (Wildman–Crippen LogP) is 3.36. The van der Waals surface area contributed by atoms with Gasteiger partial charge in [0.2, 0.25) is 10.0 Å². The summed E-state index contributed by atoms with van der Waals surface area (Å²) in [5, 5.41) is 2.72. The summed E-state index contributed by atoms with van der Waals surface area (Å²) in [5.74, 6) is -0.0199. The predicted molar refractivity (Wildman–Crippen MR) is 140 cm³/mol. The molecule has 0 aliphatic carbocycles. The Labute approximate surface area is 217 Å². The Hall–Kier alpha value is -3.41. The number of hydrogen-bond acceptors (Lipinski definition) is 6. The first kappa shape index (κ1) is 26.6. The van der Waals surface area contributed by atoms with Crippen LogP contribution in [0.25, 0.3) is 0 Å². The fourth-order valence-electron chi connectivity index (χ4n) is 3.87. The van der Waals surface area contributed by atoms with Crippen molar-refractivity contribution in [1.82, 2.24) is 9.62 Å². The minimum atomic E-state index is -3.74. The molecule has 3 aromatic rings. The average molecular weight is 544 g/mol. The molecule has 1 heterocycles. The first-order valence-corrected chi connectivity index (χ1v) is 14.8. The van der Waals surface area contributed by atoms with Crippen molar-refractivity contribution < 1.29 is 26.4 Å². The number of benzene rings is 3. The maximum absolute atomic E-state index is 12.7. The molecule has 37 heavy (non-hydrogen) atoms. The zero-order valence-electron chi connectivity index (χ0n) is 20.2. The summed E-state index contributed by atoms with van der Waals surface area (Å²) in [7, 11) is -7.24. The summed E-state index contributed by atoms with van der Waals surface area (Å²) in [5.41, 5.74) is 1.21. The van der Waals surface area contributed by atoms with Crippen molar-refractivity contribution >= 4 is 31.6 Å². The van der Waals surface area contributed by atoms with E-state index in [1.54, 1.807) is 54.6 Å². The number of nitrogens with zero attached hydrogens (tertiary/aromatic N) is 1. The molecule has 0 unspecified atom stereocenters. The van der Waals surface area contributed by atoms with Crippen LogP contribution >= 0.6 is 0 Å². The van der Waals surface area contributed by atoms with Crippen LogP contribution in [0.4, 0.5) is 5.69 Å². The zero-order chi connectivity index (χ0) is 26.3. The van der Waals surface area contributed by atoms with Crippen molar-refractivity contribution in [3.05, 3.63) is 84.4 Å². The van der Waals surface area contributed by atoms with E-state index < -0.39 is 20.0 Å². The van der Waals surface area contributed by atoms with Crippen LogP contribution in [0.15, 0.2) is 88.7 Å². The van der Waals surface area contributed by atoms with Gasteiger partial charge in [-0.3, -0.25) is 9.52 Å². The third kappa shape index (κ3) is 7.09. The molecule has 0 spiro atoms. The molecule has 1 aliphatic heterocycles. The normalized spacial score (nSPS) is 14.6. The van der Waals surface area contributed by atoms with Gasteiger partial charge in [0.1, 0.15) is 5.75 Å². The molecule has 0 saturated carbocycles. The van der Waals surface area contributed by atoms with Gasteiger partial charge >= 0.3 is 0 Å². The van der Waals surface area contributed by atoms with Gasteiger partial charge in [-0.25, -0.2) is 16.8 Å². The smallest absolute Gasteiger partial charge is 0.261 e. The van der Waals surface area contributed by atoms with E-state index in [4.69, 9.17) is 4.74 Å². The number of carbonyl (C=O) groups is 1. The van der Waals surface area contributed by atoms with Crippen molar-refractivity contribution in [3.63, 3.8) is 0 Å². The summed E-state index contributed by atoms with van der Waals surface area (Å²) in [6.45, 7) is 1.05. The second kappa shape index (κ2) is 11.8. The van der Waals surface area contributed by atoms with E-state index in [-0.39, 0.29) is 28.8 Å². The number of amides is 1. The molecule has 0 atom stereocenters. The van der Waals surface area contributed by atoms with Crippen molar-refractivity contribution in [2.75, 3.05) is 24.4 Å². The molecule has 1 fully saturated rings. The lowest BCUT2D eigenvalue weighted by Crippen LogP contribution is -2.35. The van der Waals surface area contributed by atoms with E-state index in [2.05, 4.69) is 10.0 Å². The van der Waals surface area contributed by atoms with E-state index in [1.165, 1.54) is 28.6 Å². The highest BCUT2D eigenvalue weighted by molar-refractivity contribution is 7.92. The van der Waals surface area contributed by atoms with Crippen LogP contribution in [-0.2, 0) is 31.4 Å². The first-order valence-electron chi connectivity index (χ1n) is 11.9. The molecule has 11 heteroatoms. The second-order valence-corrected chi connectivity index (χ2v) is 12.2. The summed E-state index contributed by atoms with van der Waals surface area (Å²) in [6, 6.07) is 20.8. The lowest BCUT2D eigenvalue weighted by Gasteiger charge is -2.25. The quantitative estimate of drug-likeness (QED) is 0.404. The minimum Gasteiger partial charge on any atom is -0.484 e. The van der Waals surface area contributed by atoms with Crippen molar-refractivity contribution in [2.24, 2.45) is 0 Å². The van der Waals surface area contributed by atoms with Crippen LogP contribution in [-0.4, -0.2) is 46.7 Å². The summed E-state index contributed by atoms with van der Waals surface area (Å²) in [6.07, 6.45) is 2.80. The highest BCUT2D eigenvalue weighted by Crippen LogP contribution is 2.21. The molecule has 1 saturated heterocycles. The Balaban J connectivity index is 1.25. The molecular formula is C26H29N3O6S2. The van der Waals surface area contributed by atoms with Crippen LogP contribution in [0.5, 0.6) is 5.75 Å². The van der Waals surface area contributed by atoms with Gasteiger partial charge in [0.15, 0.2) is 6.61 Å². The highest BCUT2D eigenvalue weighted by atomic mass is 32.2. The summed E-state index contributed by atoms with van der Waals surface area (Å²) >= 11 is 0. The van der Waals surface area contributed by atoms with Gasteiger partial charge in [-0.05, 0) is 66.9 Å². The van der Waals surface area contributed by atoms with E-state index in [0.717, 1.165) is 24.8 Å². The van der Waals surface area contributed by atoms with Gasteiger partial charge in [0.05, 0.1) is 9.79 Å². The maximum atomic E-state index is 12.7. The minimum absolute atomic E-state index is 0.0684. The Morgan fingerprint density at radius 1 is 0.784 bits per heavy atom. The Morgan fingerprint density at radius 3 is 2.05 bits per heavy atom. The number of anilines is 1. The molecule has 196 valence electrons. The van der Waals surface area contributed by atoms with Gasteiger partial charge in [0.25, 0.3) is 15.9 Å². The fraction of sp³-hybridized carbons (Fsp3) is 0.269. The SMILES string of the molecule is O=C(COc1ccc(S(=O)(=O)Nc2ccccc2)cc1)NCc1ccc(S(=O)(=O)N2CCCCC2)cc1.